The van der Waals surface area contributed by atoms with Gasteiger partial charge in [0.1, 0.15) is 0 Å². The predicted octanol–water partition coefficient (Wildman–Crippen LogP) is 4.43. The highest BCUT2D eigenvalue weighted by molar-refractivity contribution is 9.10. The number of halogens is 1. The molecular weight excluding hydrogens is 350 g/mol. The third kappa shape index (κ3) is 3.99. The average molecular weight is 370 g/mol. The van der Waals surface area contributed by atoms with Crippen molar-refractivity contribution in [2.75, 3.05) is 14.2 Å². The van der Waals surface area contributed by atoms with Crippen molar-refractivity contribution in [3.8, 4) is 11.5 Å². The van der Waals surface area contributed by atoms with Crippen molar-refractivity contribution >= 4 is 27.3 Å². The van der Waals surface area contributed by atoms with Crippen LogP contribution in [0.2, 0.25) is 0 Å². The number of benzene rings is 1. The van der Waals surface area contributed by atoms with Crippen LogP contribution in [0, 0.1) is 13.8 Å². The van der Waals surface area contributed by atoms with Crippen LogP contribution in [0.4, 0.5) is 0 Å². The molecule has 0 aliphatic heterocycles. The minimum absolute atomic E-state index is 0.728. The molecule has 0 unspecified atom stereocenters. The minimum atomic E-state index is 0.728. The van der Waals surface area contributed by atoms with Crippen LogP contribution in [0.15, 0.2) is 22.7 Å². The largest absolute Gasteiger partial charge is 0.493 e. The van der Waals surface area contributed by atoms with Gasteiger partial charge in [-0.3, -0.25) is 0 Å². The summed E-state index contributed by atoms with van der Waals surface area (Å²) < 4.78 is 11.6. The maximum atomic E-state index is 5.36. The number of hydrogen-bond acceptors (Lipinski definition) is 4. The van der Waals surface area contributed by atoms with Gasteiger partial charge in [-0.15, -0.1) is 11.3 Å². The molecule has 0 aliphatic carbocycles. The maximum absolute atomic E-state index is 5.36. The standard InChI is InChI=1S/C16H20BrNO2S/c1-10-5-13(21-11(10)2)9-18-8-12-6-14(17)16(20-4)15(7-12)19-3/h5-7,18H,8-9H2,1-4H3. The predicted molar refractivity (Wildman–Crippen MR) is 91.6 cm³/mol. The molecule has 0 amide bonds. The van der Waals surface area contributed by atoms with E-state index in [2.05, 4.69) is 47.2 Å². The lowest BCUT2D eigenvalue weighted by Crippen LogP contribution is -2.12. The van der Waals surface area contributed by atoms with Crippen molar-refractivity contribution in [2.45, 2.75) is 26.9 Å². The van der Waals surface area contributed by atoms with E-state index in [4.69, 9.17) is 9.47 Å². The highest BCUT2D eigenvalue weighted by Gasteiger charge is 2.10. The van der Waals surface area contributed by atoms with Gasteiger partial charge in [-0.05, 0) is 59.1 Å². The molecule has 1 heterocycles. The number of ether oxygens (including phenoxy) is 2. The second-order valence-corrected chi connectivity index (χ2v) is 7.06. The van der Waals surface area contributed by atoms with Gasteiger partial charge in [-0.25, -0.2) is 0 Å². The number of methoxy groups -OCH3 is 2. The van der Waals surface area contributed by atoms with Gasteiger partial charge in [0.05, 0.1) is 18.7 Å². The van der Waals surface area contributed by atoms with E-state index in [1.807, 2.05) is 17.4 Å². The third-order valence-electron chi connectivity index (χ3n) is 3.34. The van der Waals surface area contributed by atoms with Crippen LogP contribution >= 0.6 is 27.3 Å². The Balaban J connectivity index is 2.01. The van der Waals surface area contributed by atoms with Gasteiger partial charge in [0.25, 0.3) is 0 Å². The summed E-state index contributed by atoms with van der Waals surface area (Å²) in [6, 6.07) is 6.30. The second kappa shape index (κ2) is 7.29. The van der Waals surface area contributed by atoms with E-state index in [9.17, 15) is 0 Å². The van der Waals surface area contributed by atoms with Crippen LogP contribution < -0.4 is 14.8 Å². The first-order valence-corrected chi connectivity index (χ1v) is 8.33. The highest BCUT2D eigenvalue weighted by atomic mass is 79.9. The second-order valence-electron chi connectivity index (χ2n) is 4.87. The maximum Gasteiger partial charge on any atom is 0.174 e. The Morgan fingerprint density at radius 3 is 2.43 bits per heavy atom. The van der Waals surface area contributed by atoms with E-state index < -0.39 is 0 Å². The zero-order chi connectivity index (χ0) is 15.4. The Hall–Kier alpha value is -1.04. The Bertz CT molecular complexity index is 605. The monoisotopic (exact) mass is 369 g/mol. The molecule has 0 fully saturated rings. The summed E-state index contributed by atoms with van der Waals surface area (Å²) in [7, 11) is 3.29. The van der Waals surface area contributed by atoms with Gasteiger partial charge in [0.2, 0.25) is 0 Å². The van der Waals surface area contributed by atoms with Crippen molar-refractivity contribution < 1.29 is 9.47 Å². The lowest BCUT2D eigenvalue weighted by Gasteiger charge is -2.12. The summed E-state index contributed by atoms with van der Waals surface area (Å²) >= 11 is 5.37. The molecule has 21 heavy (non-hydrogen) atoms. The van der Waals surface area contributed by atoms with Crippen LogP contribution in [0.5, 0.6) is 11.5 Å². The van der Waals surface area contributed by atoms with Gasteiger partial charge in [0, 0.05) is 22.8 Å². The Kier molecular flexibility index (Phi) is 5.67. The van der Waals surface area contributed by atoms with E-state index in [1.165, 1.54) is 15.3 Å². The average Bonchev–Trinajstić information content (AvgIpc) is 2.77. The zero-order valence-electron chi connectivity index (χ0n) is 12.7. The van der Waals surface area contributed by atoms with E-state index in [0.717, 1.165) is 34.6 Å². The fourth-order valence-corrected chi connectivity index (χ4v) is 3.81. The van der Waals surface area contributed by atoms with Crippen molar-refractivity contribution in [1.29, 1.82) is 0 Å². The first kappa shape index (κ1) is 16.3. The molecule has 0 atom stereocenters. The molecule has 0 saturated carbocycles. The Morgan fingerprint density at radius 2 is 1.86 bits per heavy atom. The molecule has 0 radical (unpaired) electrons. The van der Waals surface area contributed by atoms with Gasteiger partial charge in [-0.1, -0.05) is 0 Å². The van der Waals surface area contributed by atoms with Crippen molar-refractivity contribution in [2.24, 2.45) is 0 Å². The smallest absolute Gasteiger partial charge is 0.174 e. The molecule has 1 aromatic carbocycles. The molecule has 114 valence electrons. The van der Waals surface area contributed by atoms with E-state index in [-0.39, 0.29) is 0 Å². The summed E-state index contributed by atoms with van der Waals surface area (Å²) in [4.78, 5) is 2.75. The van der Waals surface area contributed by atoms with Crippen LogP contribution in [0.1, 0.15) is 20.9 Å². The van der Waals surface area contributed by atoms with Gasteiger partial charge in [0.15, 0.2) is 11.5 Å². The molecule has 3 nitrogen and oxygen atoms in total. The summed E-state index contributed by atoms with van der Waals surface area (Å²) in [5.74, 6) is 1.47. The normalized spacial score (nSPS) is 10.7. The number of aryl methyl sites for hydroxylation is 2. The summed E-state index contributed by atoms with van der Waals surface area (Å²) in [6.07, 6.45) is 0. The topological polar surface area (TPSA) is 30.5 Å². The van der Waals surface area contributed by atoms with Crippen molar-refractivity contribution in [1.82, 2.24) is 5.32 Å². The fraction of sp³-hybridized carbons (Fsp3) is 0.375. The molecule has 5 heteroatoms. The lowest BCUT2D eigenvalue weighted by molar-refractivity contribution is 0.352. The lowest BCUT2D eigenvalue weighted by atomic mass is 10.2. The molecule has 2 rings (SSSR count). The summed E-state index contributed by atoms with van der Waals surface area (Å²) in [5, 5.41) is 3.47. The van der Waals surface area contributed by atoms with Crippen LogP contribution in [-0.2, 0) is 13.1 Å². The molecular formula is C16H20BrNO2S. The fourth-order valence-electron chi connectivity index (χ4n) is 2.14. The quantitative estimate of drug-likeness (QED) is 0.816. The molecule has 0 spiro atoms. The molecule has 0 aliphatic rings. The van der Waals surface area contributed by atoms with Crippen LogP contribution in [0.25, 0.3) is 0 Å². The first-order chi connectivity index (χ1) is 10.0. The van der Waals surface area contributed by atoms with Gasteiger partial charge in [-0.2, -0.15) is 0 Å². The summed E-state index contributed by atoms with van der Waals surface area (Å²) in [5.41, 5.74) is 2.52. The molecule has 1 N–H and O–H groups in total. The molecule has 2 aromatic rings. The van der Waals surface area contributed by atoms with E-state index >= 15 is 0 Å². The van der Waals surface area contributed by atoms with Crippen molar-refractivity contribution in [3.05, 3.63) is 43.6 Å². The summed E-state index contributed by atoms with van der Waals surface area (Å²) in [6.45, 7) is 5.98. The number of thiophene rings is 1. The minimum Gasteiger partial charge on any atom is -0.493 e. The molecule has 0 bridgehead atoms. The number of hydrogen-bond donors (Lipinski definition) is 1. The van der Waals surface area contributed by atoms with E-state index in [0.29, 0.717) is 0 Å². The first-order valence-electron chi connectivity index (χ1n) is 6.72. The van der Waals surface area contributed by atoms with Crippen LogP contribution in [-0.4, -0.2) is 14.2 Å². The zero-order valence-corrected chi connectivity index (χ0v) is 15.2. The molecule has 1 aromatic heterocycles. The van der Waals surface area contributed by atoms with Gasteiger partial charge < -0.3 is 14.8 Å². The highest BCUT2D eigenvalue weighted by Crippen LogP contribution is 2.36. The van der Waals surface area contributed by atoms with Crippen molar-refractivity contribution in [3.63, 3.8) is 0 Å². The SMILES string of the molecule is COc1cc(CNCc2cc(C)c(C)s2)cc(Br)c1OC. The van der Waals surface area contributed by atoms with Crippen LogP contribution in [0.3, 0.4) is 0 Å². The number of nitrogens with one attached hydrogen (secondary N) is 1. The third-order valence-corrected chi connectivity index (χ3v) is 5.08. The van der Waals surface area contributed by atoms with E-state index in [1.54, 1.807) is 14.2 Å². The molecule has 0 saturated heterocycles. The Morgan fingerprint density at radius 1 is 1.10 bits per heavy atom. The Labute approximate surface area is 138 Å². The van der Waals surface area contributed by atoms with Gasteiger partial charge >= 0.3 is 0 Å². The number of rotatable bonds is 6.